The Labute approximate surface area is 135 Å². The highest BCUT2D eigenvalue weighted by atomic mass is 16.5. The fourth-order valence-corrected chi connectivity index (χ4v) is 2.51. The van der Waals surface area contributed by atoms with Crippen LogP contribution in [0.15, 0.2) is 67.0 Å². The molecule has 0 spiro atoms. The quantitative estimate of drug-likeness (QED) is 0.790. The van der Waals surface area contributed by atoms with E-state index >= 15 is 0 Å². The number of methoxy groups -OCH3 is 1. The lowest BCUT2D eigenvalue weighted by molar-refractivity contribution is 0.102. The molecule has 0 saturated heterocycles. The van der Waals surface area contributed by atoms with Crippen LogP contribution in [-0.4, -0.2) is 17.6 Å². The molecule has 3 aromatic rings. The van der Waals surface area contributed by atoms with Crippen molar-refractivity contribution in [2.75, 3.05) is 12.4 Å². The van der Waals surface area contributed by atoms with Gasteiger partial charge >= 0.3 is 0 Å². The number of benzene rings is 2. The van der Waals surface area contributed by atoms with Gasteiger partial charge < -0.3 is 14.6 Å². The van der Waals surface area contributed by atoms with E-state index < -0.39 is 0 Å². The summed E-state index contributed by atoms with van der Waals surface area (Å²) in [5.41, 5.74) is 3.22. The first kappa shape index (κ1) is 14.9. The minimum atomic E-state index is -0.143. The summed E-state index contributed by atoms with van der Waals surface area (Å²) in [5, 5.41) is 2.98. The number of ether oxygens (including phenoxy) is 1. The molecule has 4 nitrogen and oxygen atoms in total. The van der Waals surface area contributed by atoms with Crippen molar-refractivity contribution in [1.29, 1.82) is 0 Å². The van der Waals surface area contributed by atoms with Gasteiger partial charge in [-0.15, -0.1) is 0 Å². The van der Waals surface area contributed by atoms with E-state index in [1.807, 2.05) is 72.4 Å². The smallest absolute Gasteiger partial charge is 0.255 e. The number of rotatable bonds is 4. The van der Waals surface area contributed by atoms with Gasteiger partial charge in [-0.05, 0) is 55.0 Å². The fourth-order valence-electron chi connectivity index (χ4n) is 2.51. The molecule has 0 atom stereocenters. The molecule has 0 radical (unpaired) electrons. The molecule has 23 heavy (non-hydrogen) atoms. The van der Waals surface area contributed by atoms with Crippen LogP contribution >= 0.6 is 0 Å². The van der Waals surface area contributed by atoms with Gasteiger partial charge in [-0.2, -0.15) is 0 Å². The number of nitrogens with one attached hydrogen (secondary N) is 1. The van der Waals surface area contributed by atoms with Crippen LogP contribution < -0.4 is 10.1 Å². The second-order valence-corrected chi connectivity index (χ2v) is 5.25. The van der Waals surface area contributed by atoms with Crippen molar-refractivity contribution in [3.05, 3.63) is 78.1 Å². The lowest BCUT2D eigenvalue weighted by atomic mass is 10.1. The van der Waals surface area contributed by atoms with Crippen molar-refractivity contribution < 1.29 is 9.53 Å². The number of carbonyl (C=O) groups excluding carboxylic acids is 1. The molecule has 0 saturated carbocycles. The van der Waals surface area contributed by atoms with Crippen molar-refractivity contribution in [3.8, 4) is 11.4 Å². The summed E-state index contributed by atoms with van der Waals surface area (Å²) in [7, 11) is 1.62. The van der Waals surface area contributed by atoms with Gasteiger partial charge in [-0.25, -0.2) is 0 Å². The minimum Gasteiger partial charge on any atom is -0.496 e. The number of amides is 1. The van der Waals surface area contributed by atoms with Gasteiger partial charge in [0.15, 0.2) is 0 Å². The molecule has 1 N–H and O–H groups in total. The number of hydrogen-bond donors (Lipinski definition) is 1. The van der Waals surface area contributed by atoms with Gasteiger partial charge in [0.2, 0.25) is 0 Å². The molecule has 2 aromatic carbocycles. The number of hydrogen-bond acceptors (Lipinski definition) is 2. The Kier molecular flexibility index (Phi) is 4.15. The summed E-state index contributed by atoms with van der Waals surface area (Å²) in [5.74, 6) is 0.629. The fraction of sp³-hybridized carbons (Fsp3) is 0.105. The standard InChI is InChI=1S/C19H18N2O2/c1-14-13-15(9-10-18(14)23-2)19(22)20-16-7-3-4-8-17(16)21-11-5-6-12-21/h3-13H,1-2H3,(H,20,22). The van der Waals surface area contributed by atoms with E-state index in [0.29, 0.717) is 5.56 Å². The summed E-state index contributed by atoms with van der Waals surface area (Å²) < 4.78 is 7.20. The Morgan fingerprint density at radius 2 is 1.78 bits per heavy atom. The molecule has 0 aliphatic carbocycles. The zero-order chi connectivity index (χ0) is 16.2. The molecule has 4 heteroatoms. The van der Waals surface area contributed by atoms with Crippen LogP contribution in [0.25, 0.3) is 5.69 Å². The Hall–Kier alpha value is -3.01. The summed E-state index contributed by atoms with van der Waals surface area (Å²) in [6, 6.07) is 17.0. The van der Waals surface area contributed by atoms with E-state index in [2.05, 4.69) is 5.32 Å². The van der Waals surface area contributed by atoms with Crippen molar-refractivity contribution >= 4 is 11.6 Å². The second-order valence-electron chi connectivity index (χ2n) is 5.25. The van der Waals surface area contributed by atoms with E-state index in [4.69, 9.17) is 4.74 Å². The maximum Gasteiger partial charge on any atom is 0.255 e. The number of aryl methyl sites for hydroxylation is 1. The molecule has 1 amide bonds. The molecule has 1 heterocycles. The van der Waals surface area contributed by atoms with Gasteiger partial charge in [-0.1, -0.05) is 12.1 Å². The zero-order valence-corrected chi connectivity index (χ0v) is 13.1. The summed E-state index contributed by atoms with van der Waals surface area (Å²) in [6.07, 6.45) is 3.89. The summed E-state index contributed by atoms with van der Waals surface area (Å²) >= 11 is 0. The van der Waals surface area contributed by atoms with Gasteiger partial charge in [0, 0.05) is 18.0 Å². The first-order valence-corrected chi connectivity index (χ1v) is 7.37. The third kappa shape index (κ3) is 3.11. The van der Waals surface area contributed by atoms with Crippen molar-refractivity contribution in [3.63, 3.8) is 0 Å². The number of para-hydroxylation sites is 2. The second kappa shape index (κ2) is 6.40. The Morgan fingerprint density at radius 1 is 1.04 bits per heavy atom. The Balaban J connectivity index is 1.88. The molecule has 116 valence electrons. The van der Waals surface area contributed by atoms with E-state index in [-0.39, 0.29) is 5.91 Å². The van der Waals surface area contributed by atoms with Crippen LogP contribution in [0.2, 0.25) is 0 Å². The number of nitrogens with zero attached hydrogens (tertiary/aromatic N) is 1. The highest BCUT2D eigenvalue weighted by Crippen LogP contribution is 2.22. The average Bonchev–Trinajstić information content (AvgIpc) is 3.09. The SMILES string of the molecule is COc1ccc(C(=O)Nc2ccccc2-n2cccc2)cc1C. The van der Waals surface area contributed by atoms with Crippen molar-refractivity contribution in [1.82, 2.24) is 4.57 Å². The summed E-state index contributed by atoms with van der Waals surface area (Å²) in [6.45, 7) is 1.92. The zero-order valence-electron chi connectivity index (χ0n) is 13.1. The highest BCUT2D eigenvalue weighted by Gasteiger charge is 2.11. The van der Waals surface area contributed by atoms with Gasteiger partial charge in [0.1, 0.15) is 5.75 Å². The van der Waals surface area contributed by atoms with Crippen LogP contribution in [0.1, 0.15) is 15.9 Å². The van der Waals surface area contributed by atoms with E-state index in [1.54, 1.807) is 13.2 Å². The monoisotopic (exact) mass is 306 g/mol. The largest absolute Gasteiger partial charge is 0.496 e. The topological polar surface area (TPSA) is 43.3 Å². The van der Waals surface area contributed by atoms with Gasteiger partial charge in [0.05, 0.1) is 18.5 Å². The number of aromatic nitrogens is 1. The maximum atomic E-state index is 12.5. The summed E-state index contributed by atoms with van der Waals surface area (Å²) in [4.78, 5) is 12.5. The predicted octanol–water partition coefficient (Wildman–Crippen LogP) is 4.05. The molecule has 0 bridgehead atoms. The third-order valence-corrected chi connectivity index (χ3v) is 3.69. The molecule has 0 unspecified atom stereocenters. The first-order chi connectivity index (χ1) is 11.2. The molecular formula is C19H18N2O2. The van der Waals surface area contributed by atoms with E-state index in [1.165, 1.54) is 0 Å². The molecule has 0 aliphatic heterocycles. The molecule has 0 aliphatic rings. The minimum absolute atomic E-state index is 0.143. The van der Waals surface area contributed by atoms with Crippen LogP contribution in [-0.2, 0) is 0 Å². The Morgan fingerprint density at radius 3 is 2.48 bits per heavy atom. The Bertz CT molecular complexity index is 823. The van der Waals surface area contributed by atoms with E-state index in [9.17, 15) is 4.79 Å². The molecule has 0 fully saturated rings. The van der Waals surface area contributed by atoms with Crippen LogP contribution in [0.4, 0.5) is 5.69 Å². The van der Waals surface area contributed by atoms with E-state index in [0.717, 1.165) is 22.7 Å². The first-order valence-electron chi connectivity index (χ1n) is 7.37. The number of carbonyl (C=O) groups is 1. The van der Waals surface area contributed by atoms with Crippen molar-refractivity contribution in [2.45, 2.75) is 6.92 Å². The maximum absolute atomic E-state index is 12.5. The number of anilines is 1. The third-order valence-electron chi connectivity index (χ3n) is 3.69. The van der Waals surface area contributed by atoms with Crippen LogP contribution in [0.3, 0.4) is 0 Å². The van der Waals surface area contributed by atoms with Crippen LogP contribution in [0.5, 0.6) is 5.75 Å². The van der Waals surface area contributed by atoms with Crippen molar-refractivity contribution in [2.24, 2.45) is 0 Å². The van der Waals surface area contributed by atoms with Gasteiger partial charge in [-0.3, -0.25) is 4.79 Å². The average molecular weight is 306 g/mol. The lowest BCUT2D eigenvalue weighted by Gasteiger charge is -2.13. The van der Waals surface area contributed by atoms with Crippen LogP contribution in [0, 0.1) is 6.92 Å². The molecule has 3 rings (SSSR count). The predicted molar refractivity (Wildman–Crippen MR) is 91.5 cm³/mol. The molecular weight excluding hydrogens is 288 g/mol. The van der Waals surface area contributed by atoms with Gasteiger partial charge in [0.25, 0.3) is 5.91 Å². The highest BCUT2D eigenvalue weighted by molar-refractivity contribution is 6.05. The molecule has 1 aromatic heterocycles. The lowest BCUT2D eigenvalue weighted by Crippen LogP contribution is -2.13. The normalized spacial score (nSPS) is 10.3.